The Hall–Kier alpha value is -1.87. The van der Waals surface area contributed by atoms with Crippen LogP contribution in [0.15, 0.2) is 38.4 Å². The normalized spacial score (nSPS) is 15.9. The summed E-state index contributed by atoms with van der Waals surface area (Å²) in [7, 11) is 0. The fraction of sp³-hybridized carbons (Fsp3) is 0.444. The third kappa shape index (κ3) is 5.80. The van der Waals surface area contributed by atoms with Crippen molar-refractivity contribution in [1.82, 2.24) is 20.8 Å². The second kappa shape index (κ2) is 9.36. The van der Waals surface area contributed by atoms with Gasteiger partial charge in [-0.25, -0.2) is 4.79 Å². The molecular formula is C18H21BrN4O3S. The summed E-state index contributed by atoms with van der Waals surface area (Å²) in [4.78, 5) is 24.2. The van der Waals surface area contributed by atoms with Gasteiger partial charge in [-0.15, -0.1) is 10.2 Å². The van der Waals surface area contributed by atoms with Crippen LogP contribution in [0.25, 0.3) is 11.5 Å². The maximum absolute atomic E-state index is 12.2. The summed E-state index contributed by atoms with van der Waals surface area (Å²) in [6.45, 7) is 1.69. The molecule has 3 rings (SSSR count). The van der Waals surface area contributed by atoms with Crippen molar-refractivity contribution >= 4 is 39.6 Å². The van der Waals surface area contributed by atoms with Gasteiger partial charge in [0.2, 0.25) is 11.8 Å². The Morgan fingerprint density at radius 1 is 1.19 bits per heavy atom. The van der Waals surface area contributed by atoms with E-state index in [1.165, 1.54) is 6.42 Å². The summed E-state index contributed by atoms with van der Waals surface area (Å²) < 4.78 is 6.56. The van der Waals surface area contributed by atoms with Crippen LogP contribution in [0, 0.1) is 0 Å². The summed E-state index contributed by atoms with van der Waals surface area (Å²) in [5.41, 5.74) is 0.793. The predicted octanol–water partition coefficient (Wildman–Crippen LogP) is 4.14. The molecule has 1 aliphatic carbocycles. The quantitative estimate of drug-likeness (QED) is 0.661. The second-order valence-corrected chi connectivity index (χ2v) is 8.65. The molecule has 1 atom stereocenters. The highest BCUT2D eigenvalue weighted by Crippen LogP contribution is 2.27. The SMILES string of the molecule is CC(Sc1nnc(-c2ccc(Br)cc2)o1)C(=O)NC(=O)NC1CCCCC1. The average Bonchev–Trinajstić information content (AvgIpc) is 3.11. The van der Waals surface area contributed by atoms with Crippen molar-refractivity contribution in [3.05, 3.63) is 28.7 Å². The maximum Gasteiger partial charge on any atom is 0.321 e. The third-order valence-corrected chi connectivity index (χ3v) is 5.78. The number of carbonyl (C=O) groups excluding carboxylic acids is 2. The van der Waals surface area contributed by atoms with Crippen LogP contribution in [0.4, 0.5) is 4.79 Å². The molecule has 2 N–H and O–H groups in total. The molecule has 1 aliphatic rings. The molecular weight excluding hydrogens is 432 g/mol. The Morgan fingerprint density at radius 3 is 2.59 bits per heavy atom. The Kier molecular flexibility index (Phi) is 6.89. The number of imide groups is 1. The lowest BCUT2D eigenvalue weighted by Gasteiger charge is -2.22. The zero-order chi connectivity index (χ0) is 19.2. The van der Waals surface area contributed by atoms with E-state index in [1.54, 1.807) is 6.92 Å². The molecule has 0 aliphatic heterocycles. The zero-order valence-corrected chi connectivity index (χ0v) is 17.3. The van der Waals surface area contributed by atoms with E-state index in [9.17, 15) is 9.59 Å². The molecule has 1 aromatic heterocycles. The molecule has 144 valence electrons. The lowest BCUT2D eigenvalue weighted by molar-refractivity contribution is -0.119. The van der Waals surface area contributed by atoms with Gasteiger partial charge in [0.15, 0.2) is 0 Å². The number of nitrogens with one attached hydrogen (secondary N) is 2. The zero-order valence-electron chi connectivity index (χ0n) is 14.9. The van der Waals surface area contributed by atoms with Crippen LogP contribution in [0.1, 0.15) is 39.0 Å². The molecule has 9 heteroatoms. The maximum atomic E-state index is 12.2. The number of urea groups is 1. The van der Waals surface area contributed by atoms with Crippen LogP contribution < -0.4 is 10.6 Å². The van der Waals surface area contributed by atoms with Gasteiger partial charge in [0.25, 0.3) is 5.22 Å². The molecule has 3 amide bonds. The van der Waals surface area contributed by atoms with E-state index < -0.39 is 17.2 Å². The van der Waals surface area contributed by atoms with E-state index in [2.05, 4.69) is 36.8 Å². The first kappa shape index (κ1) is 19.9. The van der Waals surface area contributed by atoms with Crippen molar-refractivity contribution < 1.29 is 14.0 Å². The molecule has 0 bridgehead atoms. The van der Waals surface area contributed by atoms with Gasteiger partial charge in [0, 0.05) is 16.1 Å². The summed E-state index contributed by atoms with van der Waals surface area (Å²) >= 11 is 4.49. The molecule has 0 radical (unpaired) electrons. The minimum Gasteiger partial charge on any atom is -0.411 e. The largest absolute Gasteiger partial charge is 0.411 e. The van der Waals surface area contributed by atoms with Crippen molar-refractivity contribution in [3.8, 4) is 11.5 Å². The number of aromatic nitrogens is 2. The highest BCUT2D eigenvalue weighted by molar-refractivity contribution is 9.10. The first-order valence-corrected chi connectivity index (χ1v) is 10.6. The highest BCUT2D eigenvalue weighted by atomic mass is 79.9. The second-order valence-electron chi connectivity index (χ2n) is 6.44. The van der Waals surface area contributed by atoms with E-state index in [0.29, 0.717) is 5.89 Å². The summed E-state index contributed by atoms with van der Waals surface area (Å²) in [6.07, 6.45) is 5.37. The molecule has 27 heavy (non-hydrogen) atoms. The molecule has 1 aromatic carbocycles. The Labute approximate surface area is 170 Å². The van der Waals surface area contributed by atoms with Gasteiger partial charge in [-0.3, -0.25) is 10.1 Å². The first-order chi connectivity index (χ1) is 13.0. The minimum atomic E-state index is -0.541. The number of thioether (sulfide) groups is 1. The lowest BCUT2D eigenvalue weighted by Crippen LogP contribution is -2.47. The smallest absolute Gasteiger partial charge is 0.321 e. The van der Waals surface area contributed by atoms with Crippen molar-refractivity contribution in [2.75, 3.05) is 0 Å². The summed E-state index contributed by atoms with van der Waals surface area (Å²) in [5, 5.41) is 13.0. The molecule has 7 nitrogen and oxygen atoms in total. The number of carbonyl (C=O) groups is 2. The van der Waals surface area contributed by atoms with Gasteiger partial charge in [-0.2, -0.15) is 0 Å². The number of rotatable bonds is 5. The number of benzene rings is 1. The van der Waals surface area contributed by atoms with Crippen molar-refractivity contribution in [2.45, 2.75) is 55.5 Å². The van der Waals surface area contributed by atoms with Crippen molar-refractivity contribution in [2.24, 2.45) is 0 Å². The summed E-state index contributed by atoms with van der Waals surface area (Å²) in [6, 6.07) is 7.19. The number of hydrogen-bond acceptors (Lipinski definition) is 6. The topological polar surface area (TPSA) is 97.1 Å². The Balaban J connectivity index is 1.50. The molecule has 2 aromatic rings. The van der Waals surface area contributed by atoms with Crippen LogP contribution >= 0.6 is 27.7 Å². The molecule has 1 fully saturated rings. The molecule has 1 unspecified atom stereocenters. The van der Waals surface area contributed by atoms with Crippen LogP contribution in [-0.4, -0.2) is 33.4 Å². The van der Waals surface area contributed by atoms with E-state index in [1.807, 2.05) is 24.3 Å². The number of hydrogen-bond donors (Lipinski definition) is 2. The van der Waals surface area contributed by atoms with Crippen molar-refractivity contribution in [1.29, 1.82) is 0 Å². The fourth-order valence-electron chi connectivity index (χ4n) is 2.85. The number of halogens is 1. The lowest BCUT2D eigenvalue weighted by atomic mass is 9.96. The monoisotopic (exact) mass is 452 g/mol. The van der Waals surface area contributed by atoms with Gasteiger partial charge in [0.05, 0.1) is 5.25 Å². The van der Waals surface area contributed by atoms with Crippen LogP contribution in [0.2, 0.25) is 0 Å². The number of nitrogens with zero attached hydrogens (tertiary/aromatic N) is 2. The van der Waals surface area contributed by atoms with Gasteiger partial charge in [-0.05, 0) is 44.0 Å². The van der Waals surface area contributed by atoms with E-state index in [4.69, 9.17) is 4.42 Å². The molecule has 1 saturated carbocycles. The van der Waals surface area contributed by atoms with Crippen LogP contribution in [0.5, 0.6) is 0 Å². The fourth-order valence-corrected chi connectivity index (χ4v) is 3.80. The van der Waals surface area contributed by atoms with Gasteiger partial charge >= 0.3 is 6.03 Å². The minimum absolute atomic E-state index is 0.152. The Bertz CT molecular complexity index is 790. The van der Waals surface area contributed by atoms with E-state index in [-0.39, 0.29) is 11.3 Å². The molecule has 0 spiro atoms. The van der Waals surface area contributed by atoms with E-state index >= 15 is 0 Å². The van der Waals surface area contributed by atoms with Gasteiger partial charge in [-0.1, -0.05) is 47.0 Å². The molecule has 1 heterocycles. The van der Waals surface area contributed by atoms with Crippen molar-refractivity contribution in [3.63, 3.8) is 0 Å². The summed E-state index contributed by atoms with van der Waals surface area (Å²) in [5.74, 6) is -0.00986. The van der Waals surface area contributed by atoms with Crippen LogP contribution in [0.3, 0.4) is 0 Å². The average molecular weight is 453 g/mol. The third-order valence-electron chi connectivity index (χ3n) is 4.32. The Morgan fingerprint density at radius 2 is 1.89 bits per heavy atom. The number of amides is 3. The molecule has 0 saturated heterocycles. The van der Waals surface area contributed by atoms with Gasteiger partial charge < -0.3 is 9.73 Å². The van der Waals surface area contributed by atoms with E-state index in [0.717, 1.165) is 47.5 Å². The standard InChI is InChI=1S/C18H21BrN4O3S/c1-11(15(24)21-17(25)20-14-5-3-2-4-6-14)27-18-23-22-16(26-18)12-7-9-13(19)10-8-12/h7-11,14H,2-6H2,1H3,(H2,20,21,24,25). The van der Waals surface area contributed by atoms with Crippen LogP contribution in [-0.2, 0) is 4.79 Å². The van der Waals surface area contributed by atoms with Gasteiger partial charge in [0.1, 0.15) is 0 Å². The highest BCUT2D eigenvalue weighted by Gasteiger charge is 2.22. The first-order valence-electron chi connectivity index (χ1n) is 8.89. The predicted molar refractivity (Wildman–Crippen MR) is 106 cm³/mol.